The number of fused-ring (bicyclic) bond motifs is 1. The maximum atomic E-state index is 11.8. The summed E-state index contributed by atoms with van der Waals surface area (Å²) in [6.45, 7) is 3.49. The van der Waals surface area contributed by atoms with Gasteiger partial charge in [0.15, 0.2) is 0 Å². The molecule has 114 valence electrons. The smallest absolute Gasteiger partial charge is 0.313 e. The molecule has 1 aliphatic carbocycles. The van der Waals surface area contributed by atoms with Crippen molar-refractivity contribution in [3.63, 3.8) is 0 Å². The Labute approximate surface area is 124 Å². The molecule has 0 bridgehead atoms. The Morgan fingerprint density at radius 1 is 1.24 bits per heavy atom. The summed E-state index contributed by atoms with van der Waals surface area (Å²) in [5, 5.41) is 14.8. The number of amides is 2. The van der Waals surface area contributed by atoms with E-state index in [0.29, 0.717) is 12.1 Å². The van der Waals surface area contributed by atoms with Gasteiger partial charge in [0.1, 0.15) is 0 Å². The number of rotatable bonds is 4. The van der Waals surface area contributed by atoms with E-state index in [4.69, 9.17) is 0 Å². The van der Waals surface area contributed by atoms with Gasteiger partial charge in [-0.2, -0.15) is 0 Å². The van der Waals surface area contributed by atoms with Crippen LogP contribution in [0.3, 0.4) is 0 Å². The van der Waals surface area contributed by atoms with Gasteiger partial charge in [-0.05, 0) is 55.9 Å². The standard InChI is InChI=1S/C16H22N2O3/c1-3-16(2,21)10-17-14(19)15(20)18-13-8-7-11-5-4-6-12(11)9-13/h7-9,21H,3-6,10H2,1-2H3,(H,17,19)(H,18,20)/t16-/m1/s1. The number of aryl methyl sites for hydroxylation is 2. The summed E-state index contributed by atoms with van der Waals surface area (Å²) >= 11 is 0. The zero-order valence-electron chi connectivity index (χ0n) is 12.5. The van der Waals surface area contributed by atoms with E-state index in [9.17, 15) is 14.7 Å². The third-order valence-corrected chi connectivity index (χ3v) is 3.95. The molecule has 0 unspecified atom stereocenters. The van der Waals surface area contributed by atoms with Gasteiger partial charge in [-0.25, -0.2) is 0 Å². The Bertz CT molecular complexity index is 552. The van der Waals surface area contributed by atoms with Crippen LogP contribution >= 0.6 is 0 Å². The number of anilines is 1. The minimum atomic E-state index is -0.997. The van der Waals surface area contributed by atoms with E-state index in [-0.39, 0.29) is 6.54 Å². The number of aliphatic hydroxyl groups is 1. The van der Waals surface area contributed by atoms with Crippen LogP contribution in [0, 0.1) is 0 Å². The molecule has 0 saturated carbocycles. The second-order valence-electron chi connectivity index (χ2n) is 5.82. The fourth-order valence-electron chi connectivity index (χ4n) is 2.31. The van der Waals surface area contributed by atoms with Crippen molar-refractivity contribution in [1.29, 1.82) is 0 Å². The highest BCUT2D eigenvalue weighted by atomic mass is 16.3. The minimum absolute atomic E-state index is 0.0555. The third kappa shape index (κ3) is 4.04. The van der Waals surface area contributed by atoms with Crippen molar-refractivity contribution in [1.82, 2.24) is 5.32 Å². The summed E-state index contributed by atoms with van der Waals surface area (Å²) < 4.78 is 0. The molecule has 3 N–H and O–H groups in total. The molecule has 0 fully saturated rings. The predicted molar refractivity (Wildman–Crippen MR) is 81.0 cm³/mol. The average molecular weight is 290 g/mol. The molecular weight excluding hydrogens is 268 g/mol. The molecule has 0 spiro atoms. The van der Waals surface area contributed by atoms with Crippen molar-refractivity contribution < 1.29 is 14.7 Å². The first-order chi connectivity index (χ1) is 9.91. The number of carbonyl (C=O) groups is 2. The maximum absolute atomic E-state index is 11.8. The van der Waals surface area contributed by atoms with Crippen molar-refractivity contribution in [3.05, 3.63) is 29.3 Å². The molecule has 0 aromatic heterocycles. The van der Waals surface area contributed by atoms with Gasteiger partial charge in [-0.3, -0.25) is 9.59 Å². The molecule has 1 atom stereocenters. The van der Waals surface area contributed by atoms with E-state index in [1.807, 2.05) is 25.1 Å². The van der Waals surface area contributed by atoms with Gasteiger partial charge < -0.3 is 15.7 Å². The zero-order chi connectivity index (χ0) is 15.5. The minimum Gasteiger partial charge on any atom is -0.388 e. The summed E-state index contributed by atoms with van der Waals surface area (Å²) in [7, 11) is 0. The first-order valence-corrected chi connectivity index (χ1v) is 7.34. The Morgan fingerprint density at radius 2 is 1.95 bits per heavy atom. The van der Waals surface area contributed by atoms with Crippen LogP contribution in [0.2, 0.25) is 0 Å². The fourth-order valence-corrected chi connectivity index (χ4v) is 2.31. The molecule has 5 nitrogen and oxygen atoms in total. The van der Waals surface area contributed by atoms with E-state index < -0.39 is 17.4 Å². The summed E-state index contributed by atoms with van der Waals surface area (Å²) in [6.07, 6.45) is 3.74. The van der Waals surface area contributed by atoms with Gasteiger partial charge in [0.2, 0.25) is 0 Å². The lowest BCUT2D eigenvalue weighted by atomic mass is 10.0. The average Bonchev–Trinajstić information content (AvgIpc) is 2.92. The van der Waals surface area contributed by atoms with Crippen molar-refractivity contribution in [3.8, 4) is 0 Å². The molecule has 1 aromatic rings. The van der Waals surface area contributed by atoms with Gasteiger partial charge in [0.05, 0.1) is 5.60 Å². The normalized spacial score (nSPS) is 16.0. The second kappa shape index (κ2) is 6.26. The second-order valence-corrected chi connectivity index (χ2v) is 5.82. The molecule has 0 heterocycles. The zero-order valence-corrected chi connectivity index (χ0v) is 12.5. The molecule has 0 radical (unpaired) electrons. The van der Waals surface area contributed by atoms with E-state index in [1.165, 1.54) is 11.1 Å². The van der Waals surface area contributed by atoms with Crippen LogP contribution < -0.4 is 10.6 Å². The number of hydrogen-bond acceptors (Lipinski definition) is 3. The number of carbonyl (C=O) groups excluding carboxylic acids is 2. The van der Waals surface area contributed by atoms with Crippen LogP contribution in [0.4, 0.5) is 5.69 Å². The summed E-state index contributed by atoms with van der Waals surface area (Å²) in [4.78, 5) is 23.5. The van der Waals surface area contributed by atoms with Gasteiger partial charge >= 0.3 is 11.8 Å². The highest BCUT2D eigenvalue weighted by molar-refractivity contribution is 6.39. The van der Waals surface area contributed by atoms with Crippen LogP contribution in [-0.4, -0.2) is 29.1 Å². The molecule has 2 rings (SSSR count). The lowest BCUT2D eigenvalue weighted by Gasteiger charge is -2.21. The highest BCUT2D eigenvalue weighted by Gasteiger charge is 2.21. The Morgan fingerprint density at radius 3 is 2.67 bits per heavy atom. The van der Waals surface area contributed by atoms with Crippen molar-refractivity contribution in [2.45, 2.75) is 45.1 Å². The van der Waals surface area contributed by atoms with E-state index in [0.717, 1.165) is 19.3 Å². The first kappa shape index (κ1) is 15.5. The Kier molecular flexibility index (Phi) is 4.63. The number of benzene rings is 1. The van der Waals surface area contributed by atoms with Crippen molar-refractivity contribution in [2.75, 3.05) is 11.9 Å². The molecule has 2 amide bonds. The Hall–Kier alpha value is -1.88. The van der Waals surface area contributed by atoms with Crippen molar-refractivity contribution >= 4 is 17.5 Å². The number of nitrogens with one attached hydrogen (secondary N) is 2. The highest BCUT2D eigenvalue weighted by Crippen LogP contribution is 2.24. The third-order valence-electron chi connectivity index (χ3n) is 3.95. The van der Waals surface area contributed by atoms with Gasteiger partial charge in [0.25, 0.3) is 0 Å². The van der Waals surface area contributed by atoms with Gasteiger partial charge in [0, 0.05) is 12.2 Å². The molecule has 0 aliphatic heterocycles. The van der Waals surface area contributed by atoms with Gasteiger partial charge in [-0.15, -0.1) is 0 Å². The van der Waals surface area contributed by atoms with E-state index in [1.54, 1.807) is 6.92 Å². The monoisotopic (exact) mass is 290 g/mol. The lowest BCUT2D eigenvalue weighted by Crippen LogP contribution is -2.44. The maximum Gasteiger partial charge on any atom is 0.313 e. The fraction of sp³-hybridized carbons (Fsp3) is 0.500. The van der Waals surface area contributed by atoms with Gasteiger partial charge in [-0.1, -0.05) is 13.0 Å². The summed E-state index contributed by atoms with van der Waals surface area (Å²) in [6, 6.07) is 5.74. The molecule has 0 saturated heterocycles. The van der Waals surface area contributed by atoms with Crippen LogP contribution in [0.5, 0.6) is 0 Å². The van der Waals surface area contributed by atoms with Crippen LogP contribution in [0.25, 0.3) is 0 Å². The summed E-state index contributed by atoms with van der Waals surface area (Å²) in [5.41, 5.74) is 2.19. The molecular formula is C16H22N2O3. The lowest BCUT2D eigenvalue weighted by molar-refractivity contribution is -0.136. The molecule has 1 aromatic carbocycles. The molecule has 1 aliphatic rings. The van der Waals surface area contributed by atoms with E-state index in [2.05, 4.69) is 10.6 Å². The van der Waals surface area contributed by atoms with Crippen molar-refractivity contribution in [2.24, 2.45) is 0 Å². The topological polar surface area (TPSA) is 78.4 Å². The molecule has 5 heteroatoms. The Balaban J connectivity index is 1.90. The van der Waals surface area contributed by atoms with E-state index >= 15 is 0 Å². The number of hydrogen-bond donors (Lipinski definition) is 3. The SMILES string of the molecule is CC[C@@](C)(O)CNC(=O)C(=O)Nc1ccc2c(c1)CCC2. The first-order valence-electron chi connectivity index (χ1n) is 7.34. The quantitative estimate of drug-likeness (QED) is 0.733. The molecule has 21 heavy (non-hydrogen) atoms. The van der Waals surface area contributed by atoms with Crippen LogP contribution in [-0.2, 0) is 22.4 Å². The van der Waals surface area contributed by atoms with Crippen LogP contribution in [0.15, 0.2) is 18.2 Å². The van der Waals surface area contributed by atoms with Crippen LogP contribution in [0.1, 0.15) is 37.8 Å². The largest absolute Gasteiger partial charge is 0.388 e. The predicted octanol–water partition coefficient (Wildman–Crippen LogP) is 1.39. The summed E-state index contributed by atoms with van der Waals surface area (Å²) in [5.74, 6) is -1.44.